The van der Waals surface area contributed by atoms with Gasteiger partial charge in [-0.05, 0) is 70.6 Å². The lowest BCUT2D eigenvalue weighted by molar-refractivity contribution is -0.116. The van der Waals surface area contributed by atoms with Gasteiger partial charge in [0.25, 0.3) is 0 Å². The van der Waals surface area contributed by atoms with Gasteiger partial charge < -0.3 is 15.4 Å². The smallest absolute Gasteiger partial charge is 0.244 e. The maximum Gasteiger partial charge on any atom is 0.244 e. The van der Waals surface area contributed by atoms with Crippen LogP contribution in [0.2, 0.25) is 0 Å². The Hall–Kier alpha value is -2.93. The van der Waals surface area contributed by atoms with Gasteiger partial charge in [-0.15, -0.1) is 0 Å². The van der Waals surface area contributed by atoms with Gasteiger partial charge in [-0.3, -0.25) is 4.79 Å². The molecule has 0 unspecified atom stereocenters. The molecule has 5 nitrogen and oxygen atoms in total. The van der Waals surface area contributed by atoms with Crippen molar-refractivity contribution in [2.24, 2.45) is 5.92 Å². The average molecular weight is 526 g/mol. The van der Waals surface area contributed by atoms with Gasteiger partial charge in [0.2, 0.25) is 5.91 Å². The van der Waals surface area contributed by atoms with Crippen molar-refractivity contribution in [3.63, 3.8) is 0 Å². The Bertz CT molecular complexity index is 1170. The van der Waals surface area contributed by atoms with E-state index < -0.39 is 0 Å². The molecule has 2 aromatic carbocycles. The number of rotatable bonds is 8. The maximum absolute atomic E-state index is 14.1. The number of amides is 1. The van der Waals surface area contributed by atoms with Crippen molar-refractivity contribution in [3.05, 3.63) is 70.0 Å². The summed E-state index contributed by atoms with van der Waals surface area (Å²) in [5.41, 5.74) is 2.34. The highest BCUT2D eigenvalue weighted by Crippen LogP contribution is 2.27. The van der Waals surface area contributed by atoms with E-state index in [4.69, 9.17) is 4.74 Å². The molecule has 0 atom stereocenters. The summed E-state index contributed by atoms with van der Waals surface area (Å²) in [6.07, 6.45) is 9.47. The first-order valence-electron chi connectivity index (χ1n) is 11.6. The molecular formula is C27H29BrFN3O2. The number of fused-ring (bicyclic) bond motifs is 1. The van der Waals surface area contributed by atoms with Gasteiger partial charge in [0, 0.05) is 36.2 Å². The van der Waals surface area contributed by atoms with Crippen molar-refractivity contribution in [2.75, 3.05) is 19.0 Å². The summed E-state index contributed by atoms with van der Waals surface area (Å²) < 4.78 is 19.7. The minimum absolute atomic E-state index is 0.118. The second kappa shape index (κ2) is 11.5. The van der Waals surface area contributed by atoms with E-state index in [9.17, 15) is 9.18 Å². The maximum atomic E-state index is 14.1. The molecule has 4 rings (SSSR count). The van der Waals surface area contributed by atoms with Gasteiger partial charge in [-0.25, -0.2) is 9.37 Å². The molecule has 0 spiro atoms. The number of hydrogen-bond acceptors (Lipinski definition) is 4. The molecule has 178 valence electrons. The second-order valence-electron chi connectivity index (χ2n) is 8.67. The van der Waals surface area contributed by atoms with Crippen molar-refractivity contribution in [2.45, 2.75) is 38.6 Å². The van der Waals surface area contributed by atoms with Crippen LogP contribution in [0.5, 0.6) is 5.75 Å². The van der Waals surface area contributed by atoms with Gasteiger partial charge in [0.1, 0.15) is 17.4 Å². The predicted octanol–water partition coefficient (Wildman–Crippen LogP) is 6.47. The van der Waals surface area contributed by atoms with Crippen LogP contribution in [0.4, 0.5) is 10.2 Å². The van der Waals surface area contributed by atoms with E-state index in [1.54, 1.807) is 25.3 Å². The largest absolute Gasteiger partial charge is 0.497 e. The Morgan fingerprint density at radius 1 is 1.18 bits per heavy atom. The number of aromatic nitrogens is 1. The zero-order chi connectivity index (χ0) is 23.9. The van der Waals surface area contributed by atoms with Gasteiger partial charge in [-0.1, -0.05) is 31.4 Å². The van der Waals surface area contributed by atoms with Crippen molar-refractivity contribution >= 4 is 44.6 Å². The van der Waals surface area contributed by atoms with Crippen LogP contribution in [0, 0.1) is 11.7 Å². The summed E-state index contributed by atoms with van der Waals surface area (Å²) in [5, 5.41) is 7.14. The number of carbonyl (C=O) groups excluding carboxylic acids is 1. The molecule has 1 heterocycles. The van der Waals surface area contributed by atoms with E-state index in [0.717, 1.165) is 22.3 Å². The van der Waals surface area contributed by atoms with E-state index in [-0.39, 0.29) is 11.7 Å². The van der Waals surface area contributed by atoms with Crippen LogP contribution < -0.4 is 15.4 Å². The van der Waals surface area contributed by atoms with Crippen LogP contribution in [0.15, 0.2) is 53.0 Å². The van der Waals surface area contributed by atoms with Crippen LogP contribution in [-0.4, -0.2) is 24.5 Å². The summed E-state index contributed by atoms with van der Waals surface area (Å²) in [5.74, 6) is 1.46. The van der Waals surface area contributed by atoms with Crippen LogP contribution in [0.1, 0.15) is 43.2 Å². The summed E-state index contributed by atoms with van der Waals surface area (Å²) in [6.45, 7) is 1.24. The first kappa shape index (κ1) is 24.2. The first-order chi connectivity index (χ1) is 16.5. The van der Waals surface area contributed by atoms with Gasteiger partial charge >= 0.3 is 0 Å². The third-order valence-electron chi connectivity index (χ3n) is 6.21. The molecule has 1 saturated carbocycles. The summed E-state index contributed by atoms with van der Waals surface area (Å²) in [7, 11) is 1.63. The molecule has 1 fully saturated rings. The molecule has 1 aliphatic carbocycles. The third kappa shape index (κ3) is 6.35. The zero-order valence-electron chi connectivity index (χ0n) is 19.2. The Labute approximate surface area is 207 Å². The topological polar surface area (TPSA) is 63.2 Å². The highest BCUT2D eigenvalue weighted by Gasteiger charge is 2.14. The number of nitrogens with zero attached hydrogens (tertiary/aromatic N) is 1. The molecule has 1 amide bonds. The van der Waals surface area contributed by atoms with Crippen molar-refractivity contribution < 1.29 is 13.9 Å². The number of methoxy groups -OCH3 is 1. The molecule has 0 bridgehead atoms. The second-order valence-corrected chi connectivity index (χ2v) is 9.52. The average Bonchev–Trinajstić information content (AvgIpc) is 2.86. The van der Waals surface area contributed by atoms with Crippen molar-refractivity contribution in [1.82, 2.24) is 10.3 Å². The van der Waals surface area contributed by atoms with E-state index in [1.165, 1.54) is 38.2 Å². The Balaban J connectivity index is 1.52. The highest BCUT2D eigenvalue weighted by molar-refractivity contribution is 9.10. The fourth-order valence-corrected chi connectivity index (χ4v) is 4.60. The number of benzene rings is 2. The summed E-state index contributed by atoms with van der Waals surface area (Å²) in [6, 6.07) is 12.8. The summed E-state index contributed by atoms with van der Waals surface area (Å²) in [4.78, 5) is 17.1. The monoisotopic (exact) mass is 525 g/mol. The molecule has 0 saturated heterocycles. The summed E-state index contributed by atoms with van der Waals surface area (Å²) >= 11 is 3.24. The number of halogens is 2. The van der Waals surface area contributed by atoms with Crippen LogP contribution in [-0.2, 0) is 11.3 Å². The van der Waals surface area contributed by atoms with Crippen LogP contribution >= 0.6 is 15.9 Å². The lowest BCUT2D eigenvalue weighted by Gasteiger charge is -2.21. The van der Waals surface area contributed by atoms with Gasteiger partial charge in [0.05, 0.1) is 17.1 Å². The molecule has 34 heavy (non-hydrogen) atoms. The first-order valence-corrected chi connectivity index (χ1v) is 12.4. The Morgan fingerprint density at radius 3 is 2.68 bits per heavy atom. The number of hydrogen-bond donors (Lipinski definition) is 2. The molecule has 7 heteroatoms. The normalized spacial score (nSPS) is 14.4. The molecule has 3 aromatic rings. The lowest BCUT2D eigenvalue weighted by Crippen LogP contribution is -2.28. The molecule has 0 radical (unpaired) electrons. The molecule has 2 N–H and O–H groups in total. The number of anilines is 1. The van der Waals surface area contributed by atoms with E-state index >= 15 is 0 Å². The number of ether oxygens (including phenoxy) is 1. The molecule has 1 aromatic heterocycles. The Morgan fingerprint density at radius 2 is 1.94 bits per heavy atom. The highest BCUT2D eigenvalue weighted by atomic mass is 79.9. The number of carbonyl (C=O) groups is 1. The van der Waals surface area contributed by atoms with Crippen LogP contribution in [0.3, 0.4) is 0 Å². The molecule has 0 aliphatic heterocycles. The van der Waals surface area contributed by atoms with E-state index in [2.05, 4.69) is 31.5 Å². The van der Waals surface area contributed by atoms with Crippen molar-refractivity contribution in [1.29, 1.82) is 0 Å². The minimum atomic E-state index is -0.369. The lowest BCUT2D eigenvalue weighted by atomic mass is 9.89. The minimum Gasteiger partial charge on any atom is -0.497 e. The fraction of sp³-hybridized carbons (Fsp3) is 0.333. The fourth-order valence-electron chi connectivity index (χ4n) is 4.24. The molecular weight excluding hydrogens is 497 g/mol. The van der Waals surface area contributed by atoms with Crippen molar-refractivity contribution in [3.8, 4) is 5.75 Å². The standard InChI is InChI=1S/C27H29BrFN3O2/c1-34-22-10-7-19(8-11-22)17-31-27-20(13-21-14-23(28)24(29)15-25(21)32-27)9-12-26(33)30-16-18-5-3-2-4-6-18/h7-15,18H,2-6,16-17H2,1H3,(H,30,33)(H,31,32)/b12-9+. The van der Waals surface area contributed by atoms with Gasteiger partial charge in [0.15, 0.2) is 0 Å². The predicted molar refractivity (Wildman–Crippen MR) is 138 cm³/mol. The number of pyridine rings is 1. The SMILES string of the molecule is COc1ccc(CNc2nc3cc(F)c(Br)cc3cc2/C=C/C(=O)NCC2CCCCC2)cc1. The van der Waals surface area contributed by atoms with E-state index in [1.807, 2.05) is 30.3 Å². The van der Waals surface area contributed by atoms with Crippen LogP contribution in [0.25, 0.3) is 17.0 Å². The zero-order valence-corrected chi connectivity index (χ0v) is 20.8. The number of nitrogens with one attached hydrogen (secondary N) is 2. The third-order valence-corrected chi connectivity index (χ3v) is 6.82. The van der Waals surface area contributed by atoms with E-state index in [0.29, 0.717) is 34.8 Å². The van der Waals surface area contributed by atoms with Gasteiger partial charge in [-0.2, -0.15) is 0 Å². The quantitative estimate of drug-likeness (QED) is 0.331. The molecule has 1 aliphatic rings. The Kier molecular flexibility index (Phi) is 8.16.